The molecule has 0 spiro atoms. The van der Waals surface area contributed by atoms with Crippen molar-refractivity contribution in [3.05, 3.63) is 34.9 Å². The summed E-state index contributed by atoms with van der Waals surface area (Å²) in [5.74, 6) is 0.126. The summed E-state index contributed by atoms with van der Waals surface area (Å²) in [6.07, 6.45) is 1.30. The van der Waals surface area contributed by atoms with E-state index in [2.05, 4.69) is 0 Å². The van der Waals surface area contributed by atoms with E-state index in [0.717, 1.165) is 5.56 Å². The summed E-state index contributed by atoms with van der Waals surface area (Å²) in [5.41, 5.74) is 1.00. The minimum atomic E-state index is -0.101. The third-order valence-electron chi connectivity index (χ3n) is 3.04. The summed E-state index contributed by atoms with van der Waals surface area (Å²) in [6.45, 7) is 7.91. The fraction of sp³-hybridized carbons (Fsp3) is 0.529. The molecule has 21 heavy (non-hydrogen) atoms. The SMILES string of the molecule is CCC(=O)C[C@@H](CC(=O)SC(C)(C)C)c1ccc(Cl)cc1. The zero-order valence-electron chi connectivity index (χ0n) is 13.1. The van der Waals surface area contributed by atoms with E-state index < -0.39 is 0 Å². The number of hydrogen-bond acceptors (Lipinski definition) is 3. The minimum Gasteiger partial charge on any atom is -0.300 e. The van der Waals surface area contributed by atoms with Crippen molar-refractivity contribution in [2.45, 2.75) is 57.6 Å². The Labute approximate surface area is 136 Å². The van der Waals surface area contributed by atoms with Crippen LogP contribution in [0, 0.1) is 0 Å². The first-order chi connectivity index (χ1) is 9.71. The van der Waals surface area contributed by atoms with Gasteiger partial charge in [0.25, 0.3) is 0 Å². The van der Waals surface area contributed by atoms with E-state index in [1.807, 2.05) is 52.0 Å². The smallest absolute Gasteiger partial charge is 0.190 e. The largest absolute Gasteiger partial charge is 0.300 e. The Morgan fingerprint density at radius 1 is 1.14 bits per heavy atom. The topological polar surface area (TPSA) is 34.1 Å². The van der Waals surface area contributed by atoms with Gasteiger partial charge >= 0.3 is 0 Å². The van der Waals surface area contributed by atoms with Crippen LogP contribution in [0.4, 0.5) is 0 Å². The molecule has 0 unspecified atom stereocenters. The van der Waals surface area contributed by atoms with E-state index in [0.29, 0.717) is 24.3 Å². The average Bonchev–Trinajstić information content (AvgIpc) is 2.36. The fourth-order valence-corrected chi connectivity index (χ4v) is 3.14. The van der Waals surface area contributed by atoms with Crippen LogP contribution in [0.25, 0.3) is 0 Å². The van der Waals surface area contributed by atoms with Crippen LogP contribution in [0.2, 0.25) is 5.02 Å². The van der Waals surface area contributed by atoms with Gasteiger partial charge in [-0.3, -0.25) is 9.59 Å². The van der Waals surface area contributed by atoms with E-state index in [4.69, 9.17) is 11.6 Å². The first kappa shape index (κ1) is 18.2. The van der Waals surface area contributed by atoms with Crippen molar-refractivity contribution < 1.29 is 9.59 Å². The molecule has 0 aliphatic heterocycles. The zero-order chi connectivity index (χ0) is 16.0. The van der Waals surface area contributed by atoms with Crippen LogP contribution in [0.1, 0.15) is 58.4 Å². The molecule has 0 heterocycles. The van der Waals surface area contributed by atoms with Gasteiger partial charge in [0.05, 0.1) is 0 Å². The number of carbonyl (C=O) groups excluding carboxylic acids is 2. The van der Waals surface area contributed by atoms with Gasteiger partial charge in [0.2, 0.25) is 0 Å². The summed E-state index contributed by atoms with van der Waals surface area (Å²) < 4.78 is -0.101. The van der Waals surface area contributed by atoms with Gasteiger partial charge in [0.15, 0.2) is 5.12 Å². The maximum Gasteiger partial charge on any atom is 0.190 e. The lowest BCUT2D eigenvalue weighted by atomic mass is 9.90. The van der Waals surface area contributed by atoms with E-state index in [1.54, 1.807) is 0 Å². The third-order valence-corrected chi connectivity index (χ3v) is 4.30. The van der Waals surface area contributed by atoms with Gasteiger partial charge in [-0.05, 0) is 23.6 Å². The zero-order valence-corrected chi connectivity index (χ0v) is 14.7. The van der Waals surface area contributed by atoms with E-state index >= 15 is 0 Å². The number of ketones is 1. The normalized spacial score (nSPS) is 13.0. The summed E-state index contributed by atoms with van der Waals surface area (Å²) in [4.78, 5) is 24.0. The van der Waals surface area contributed by atoms with E-state index in [1.165, 1.54) is 11.8 Å². The van der Waals surface area contributed by atoms with Crippen LogP contribution in [0.5, 0.6) is 0 Å². The van der Waals surface area contributed by atoms with Crippen molar-refractivity contribution in [3.63, 3.8) is 0 Å². The number of halogens is 1. The van der Waals surface area contributed by atoms with Crippen molar-refractivity contribution in [2.75, 3.05) is 0 Å². The number of hydrogen-bond donors (Lipinski definition) is 0. The lowest BCUT2D eigenvalue weighted by molar-refractivity contribution is -0.119. The molecule has 0 radical (unpaired) electrons. The summed E-state index contributed by atoms with van der Waals surface area (Å²) in [6, 6.07) is 7.43. The highest BCUT2D eigenvalue weighted by molar-refractivity contribution is 8.14. The maximum absolute atomic E-state index is 12.2. The Bertz CT molecular complexity index is 489. The summed E-state index contributed by atoms with van der Waals surface area (Å²) in [5, 5.41) is 0.793. The fourth-order valence-electron chi connectivity index (χ4n) is 2.05. The van der Waals surface area contributed by atoms with Gasteiger partial charge in [-0.25, -0.2) is 0 Å². The Morgan fingerprint density at radius 2 is 1.71 bits per heavy atom. The molecule has 0 aliphatic rings. The van der Waals surface area contributed by atoms with Crippen molar-refractivity contribution in [1.29, 1.82) is 0 Å². The number of benzene rings is 1. The Morgan fingerprint density at radius 3 is 2.19 bits per heavy atom. The molecule has 0 bridgehead atoms. The van der Waals surface area contributed by atoms with Crippen LogP contribution in [-0.2, 0) is 9.59 Å². The molecule has 1 aromatic carbocycles. The molecule has 4 heteroatoms. The number of rotatable bonds is 6. The van der Waals surface area contributed by atoms with Crippen molar-refractivity contribution in [2.24, 2.45) is 0 Å². The van der Waals surface area contributed by atoms with Gasteiger partial charge in [-0.15, -0.1) is 0 Å². The quantitative estimate of drug-likeness (QED) is 0.716. The first-order valence-corrected chi connectivity index (χ1v) is 8.39. The van der Waals surface area contributed by atoms with Gasteiger partial charge < -0.3 is 0 Å². The monoisotopic (exact) mass is 326 g/mol. The van der Waals surface area contributed by atoms with Gasteiger partial charge in [-0.1, -0.05) is 63.2 Å². The summed E-state index contributed by atoms with van der Waals surface area (Å²) in [7, 11) is 0. The lowest BCUT2D eigenvalue weighted by Crippen LogP contribution is -2.15. The molecule has 0 saturated carbocycles. The standard InChI is InChI=1S/C17H23ClO2S/c1-5-15(19)10-13(11-16(20)21-17(2,3)4)12-6-8-14(18)9-7-12/h6-9,13H,5,10-11H2,1-4H3/t13-/m0/s1. The molecule has 1 rings (SSSR count). The van der Waals surface area contributed by atoms with Crippen LogP contribution >= 0.6 is 23.4 Å². The van der Waals surface area contributed by atoms with E-state index in [9.17, 15) is 9.59 Å². The molecule has 0 amide bonds. The second kappa shape index (κ2) is 8.00. The second-order valence-corrected chi connectivity index (χ2v) is 8.46. The van der Waals surface area contributed by atoms with Crippen molar-refractivity contribution >= 4 is 34.3 Å². The Balaban J connectivity index is 2.84. The Kier molecular flexibility index (Phi) is 6.95. The number of carbonyl (C=O) groups is 2. The highest BCUT2D eigenvalue weighted by Gasteiger charge is 2.23. The molecule has 0 aliphatic carbocycles. The third kappa shape index (κ3) is 7.14. The minimum absolute atomic E-state index is 0.0583. The molecule has 2 nitrogen and oxygen atoms in total. The molecule has 0 fully saturated rings. The van der Waals surface area contributed by atoms with Crippen molar-refractivity contribution in [1.82, 2.24) is 0 Å². The number of thioether (sulfide) groups is 1. The highest BCUT2D eigenvalue weighted by Crippen LogP contribution is 2.32. The summed E-state index contributed by atoms with van der Waals surface area (Å²) >= 11 is 7.25. The van der Waals surface area contributed by atoms with Gasteiger partial charge in [0, 0.05) is 29.0 Å². The molecule has 1 aromatic rings. The molecule has 0 N–H and O–H groups in total. The molecular formula is C17H23ClO2S. The molecular weight excluding hydrogens is 304 g/mol. The molecule has 0 aromatic heterocycles. The van der Waals surface area contributed by atoms with E-state index in [-0.39, 0.29) is 21.6 Å². The van der Waals surface area contributed by atoms with Crippen LogP contribution < -0.4 is 0 Å². The predicted molar refractivity (Wildman–Crippen MR) is 91.1 cm³/mol. The van der Waals surface area contributed by atoms with Crippen LogP contribution in [-0.4, -0.2) is 15.6 Å². The molecule has 1 atom stereocenters. The predicted octanol–water partition coefficient (Wildman–Crippen LogP) is 5.24. The number of Topliss-reactive ketones (excluding diaryl/α,β-unsaturated/α-hetero) is 1. The lowest BCUT2D eigenvalue weighted by Gasteiger charge is -2.20. The second-order valence-electron chi connectivity index (χ2n) is 6.14. The molecule has 0 saturated heterocycles. The molecule has 116 valence electrons. The Hall–Kier alpha value is -0.800. The average molecular weight is 327 g/mol. The van der Waals surface area contributed by atoms with Crippen molar-refractivity contribution in [3.8, 4) is 0 Å². The maximum atomic E-state index is 12.2. The van der Waals surface area contributed by atoms with Crippen LogP contribution in [0.3, 0.4) is 0 Å². The van der Waals surface area contributed by atoms with Gasteiger partial charge in [0.1, 0.15) is 5.78 Å². The first-order valence-electron chi connectivity index (χ1n) is 7.20. The van der Waals surface area contributed by atoms with Crippen LogP contribution in [0.15, 0.2) is 24.3 Å². The highest BCUT2D eigenvalue weighted by atomic mass is 35.5. The van der Waals surface area contributed by atoms with Gasteiger partial charge in [-0.2, -0.15) is 0 Å².